The molecule has 2 unspecified atom stereocenters. The second-order valence-corrected chi connectivity index (χ2v) is 7.87. The molecule has 0 radical (unpaired) electrons. The van der Waals surface area contributed by atoms with Crippen LogP contribution in [0.25, 0.3) is 11.0 Å². The quantitative estimate of drug-likeness (QED) is 0.678. The van der Waals surface area contributed by atoms with Crippen LogP contribution in [0.5, 0.6) is 0 Å². The molecule has 0 aromatic carbocycles. The third-order valence-electron chi connectivity index (χ3n) is 5.42. The van der Waals surface area contributed by atoms with Crippen LogP contribution in [0.2, 0.25) is 0 Å². The Labute approximate surface area is 154 Å². The smallest absolute Gasteiger partial charge is 0.145 e. The number of rotatable bonds is 3. The maximum Gasteiger partial charge on any atom is 0.145 e. The Kier molecular flexibility index (Phi) is 3.53. The lowest BCUT2D eigenvalue weighted by Gasteiger charge is -2.34. The molecule has 0 N–H and O–H groups in total. The van der Waals surface area contributed by atoms with Gasteiger partial charge >= 0.3 is 0 Å². The lowest BCUT2D eigenvalue weighted by atomic mass is 10.2. The van der Waals surface area contributed by atoms with Crippen molar-refractivity contribution in [2.75, 3.05) is 18.0 Å². The first-order valence-electron chi connectivity index (χ1n) is 8.56. The van der Waals surface area contributed by atoms with Crippen LogP contribution in [0.15, 0.2) is 41.4 Å². The molecule has 128 valence electrons. The highest BCUT2D eigenvalue weighted by Gasteiger charge is 2.44. The molecule has 2 aliphatic heterocycles. The lowest BCUT2D eigenvalue weighted by Crippen LogP contribution is -2.46. The number of fused-ring (bicyclic) bond motifs is 3. The molecule has 0 amide bonds. The van der Waals surface area contributed by atoms with Crippen molar-refractivity contribution in [3.63, 3.8) is 0 Å². The second kappa shape index (κ2) is 5.78. The average molecular weight is 399 g/mol. The number of nitrogens with zero attached hydrogens (tertiary/aromatic N) is 6. The molecule has 6 nitrogen and oxygen atoms in total. The van der Waals surface area contributed by atoms with Gasteiger partial charge < -0.3 is 9.47 Å². The van der Waals surface area contributed by atoms with E-state index in [-0.39, 0.29) is 0 Å². The Morgan fingerprint density at radius 3 is 2.80 bits per heavy atom. The van der Waals surface area contributed by atoms with E-state index in [0.29, 0.717) is 12.1 Å². The normalized spacial score (nSPS) is 23.0. The van der Waals surface area contributed by atoms with Crippen LogP contribution in [0.4, 0.5) is 5.82 Å². The van der Waals surface area contributed by atoms with E-state index in [1.54, 1.807) is 6.33 Å². The standard InChI is InChI=1S/C18H19BrN6/c1-23-5-4-16-17(23)21-11-22-18(16)25-10-14-6-15(25)9-24(14)8-13-3-2-12(19)7-20-13/h2-5,7,11,14-15H,6,8-10H2,1H3. The third kappa shape index (κ3) is 2.53. The zero-order chi connectivity index (χ0) is 17.0. The third-order valence-corrected chi connectivity index (χ3v) is 5.89. The molecule has 0 spiro atoms. The number of aromatic nitrogens is 4. The van der Waals surface area contributed by atoms with Crippen molar-refractivity contribution >= 4 is 32.8 Å². The van der Waals surface area contributed by atoms with E-state index < -0.39 is 0 Å². The monoisotopic (exact) mass is 398 g/mol. The van der Waals surface area contributed by atoms with Gasteiger partial charge in [-0.15, -0.1) is 0 Å². The summed E-state index contributed by atoms with van der Waals surface area (Å²) >= 11 is 3.45. The summed E-state index contributed by atoms with van der Waals surface area (Å²) in [5.41, 5.74) is 2.14. The Morgan fingerprint density at radius 2 is 2.04 bits per heavy atom. The molecule has 25 heavy (non-hydrogen) atoms. The van der Waals surface area contributed by atoms with Gasteiger partial charge in [-0.1, -0.05) is 0 Å². The number of halogens is 1. The van der Waals surface area contributed by atoms with E-state index in [0.717, 1.165) is 46.7 Å². The van der Waals surface area contributed by atoms with Crippen molar-refractivity contribution in [2.24, 2.45) is 7.05 Å². The fraction of sp³-hybridized carbons (Fsp3) is 0.389. The fourth-order valence-corrected chi connectivity index (χ4v) is 4.44. The number of hydrogen-bond acceptors (Lipinski definition) is 5. The predicted molar refractivity (Wildman–Crippen MR) is 100 cm³/mol. The molecule has 2 bridgehead atoms. The first-order chi connectivity index (χ1) is 12.2. The van der Waals surface area contributed by atoms with Crippen molar-refractivity contribution in [1.29, 1.82) is 0 Å². The zero-order valence-corrected chi connectivity index (χ0v) is 15.6. The average Bonchev–Trinajstić information content (AvgIpc) is 3.31. The van der Waals surface area contributed by atoms with Crippen molar-refractivity contribution < 1.29 is 0 Å². The first-order valence-corrected chi connectivity index (χ1v) is 9.35. The molecule has 3 aromatic rings. The number of hydrogen-bond donors (Lipinski definition) is 0. The summed E-state index contributed by atoms with van der Waals surface area (Å²) in [5, 5.41) is 1.15. The van der Waals surface area contributed by atoms with Crippen LogP contribution in [0.1, 0.15) is 12.1 Å². The molecular formula is C18H19BrN6. The van der Waals surface area contributed by atoms with Gasteiger partial charge in [0.05, 0.1) is 11.1 Å². The Balaban J connectivity index is 1.36. The summed E-state index contributed by atoms with van der Waals surface area (Å²) in [6, 6.07) is 7.39. The highest BCUT2D eigenvalue weighted by atomic mass is 79.9. The minimum Gasteiger partial charge on any atom is -0.350 e. The first kappa shape index (κ1) is 15.3. The van der Waals surface area contributed by atoms with Gasteiger partial charge in [-0.3, -0.25) is 9.88 Å². The predicted octanol–water partition coefficient (Wildman–Crippen LogP) is 2.59. The van der Waals surface area contributed by atoms with E-state index in [9.17, 15) is 0 Å². The minimum atomic E-state index is 0.527. The number of anilines is 1. The maximum absolute atomic E-state index is 4.61. The second-order valence-electron chi connectivity index (χ2n) is 6.95. The largest absolute Gasteiger partial charge is 0.350 e. The van der Waals surface area contributed by atoms with Crippen molar-refractivity contribution in [2.45, 2.75) is 25.0 Å². The van der Waals surface area contributed by atoms with E-state index in [1.165, 1.54) is 6.42 Å². The van der Waals surface area contributed by atoms with E-state index in [2.05, 4.69) is 69.6 Å². The summed E-state index contributed by atoms with van der Waals surface area (Å²) in [4.78, 5) is 18.6. The molecule has 2 aliphatic rings. The van der Waals surface area contributed by atoms with Gasteiger partial charge in [0.15, 0.2) is 0 Å². The number of pyridine rings is 1. The molecule has 2 saturated heterocycles. The van der Waals surface area contributed by atoms with Crippen LogP contribution in [-0.4, -0.2) is 49.6 Å². The lowest BCUT2D eigenvalue weighted by molar-refractivity contribution is 0.227. The Morgan fingerprint density at radius 1 is 1.12 bits per heavy atom. The van der Waals surface area contributed by atoms with Crippen molar-refractivity contribution in [3.8, 4) is 0 Å². The summed E-state index contributed by atoms with van der Waals surface area (Å²) in [6.45, 7) is 3.02. The summed E-state index contributed by atoms with van der Waals surface area (Å²) < 4.78 is 3.08. The van der Waals surface area contributed by atoms with E-state index in [1.807, 2.05) is 13.2 Å². The Bertz CT molecular complexity index is 921. The number of piperazine rings is 1. The topological polar surface area (TPSA) is 50.1 Å². The highest BCUT2D eigenvalue weighted by molar-refractivity contribution is 9.10. The zero-order valence-electron chi connectivity index (χ0n) is 14.0. The highest BCUT2D eigenvalue weighted by Crippen LogP contribution is 2.36. The van der Waals surface area contributed by atoms with Gasteiger partial charge in [0.2, 0.25) is 0 Å². The van der Waals surface area contributed by atoms with Crippen LogP contribution in [-0.2, 0) is 13.6 Å². The van der Waals surface area contributed by atoms with Gasteiger partial charge in [-0.25, -0.2) is 9.97 Å². The number of aryl methyl sites for hydroxylation is 1. The van der Waals surface area contributed by atoms with Crippen LogP contribution >= 0.6 is 15.9 Å². The summed E-state index contributed by atoms with van der Waals surface area (Å²) in [7, 11) is 2.03. The fourth-order valence-electron chi connectivity index (χ4n) is 4.20. The molecule has 0 saturated carbocycles. The van der Waals surface area contributed by atoms with Crippen LogP contribution in [0.3, 0.4) is 0 Å². The molecule has 3 aromatic heterocycles. The molecule has 2 atom stereocenters. The molecule has 2 fully saturated rings. The molecule has 0 aliphatic carbocycles. The number of likely N-dealkylation sites (tertiary alicyclic amines) is 1. The Hall–Kier alpha value is -1.99. The van der Waals surface area contributed by atoms with Crippen molar-refractivity contribution in [3.05, 3.63) is 47.1 Å². The van der Waals surface area contributed by atoms with Gasteiger partial charge in [-0.05, 0) is 40.5 Å². The summed E-state index contributed by atoms with van der Waals surface area (Å²) in [5.74, 6) is 1.08. The minimum absolute atomic E-state index is 0.527. The molecule has 5 rings (SSSR count). The van der Waals surface area contributed by atoms with Crippen molar-refractivity contribution in [1.82, 2.24) is 24.4 Å². The van der Waals surface area contributed by atoms with E-state index >= 15 is 0 Å². The molecule has 5 heterocycles. The van der Waals surface area contributed by atoms with Gasteiger partial charge in [0, 0.05) is 55.6 Å². The maximum atomic E-state index is 4.61. The van der Waals surface area contributed by atoms with Gasteiger partial charge in [0.25, 0.3) is 0 Å². The van der Waals surface area contributed by atoms with Crippen LogP contribution in [0, 0.1) is 0 Å². The van der Waals surface area contributed by atoms with Gasteiger partial charge in [0.1, 0.15) is 17.8 Å². The molecular weight excluding hydrogens is 380 g/mol. The molecule has 7 heteroatoms. The summed E-state index contributed by atoms with van der Waals surface area (Å²) in [6.07, 6.45) is 6.83. The van der Waals surface area contributed by atoms with Gasteiger partial charge in [-0.2, -0.15) is 0 Å². The van der Waals surface area contributed by atoms with Crippen LogP contribution < -0.4 is 4.90 Å². The van der Waals surface area contributed by atoms with E-state index in [4.69, 9.17) is 0 Å². The SMILES string of the molecule is Cn1ccc2c(N3CC4CC3CN4Cc3ccc(Br)cn3)ncnc21.